The molecule has 0 bridgehead atoms. The highest BCUT2D eigenvalue weighted by Gasteiger charge is 2.22. The smallest absolute Gasteiger partial charge is 0.254 e. The zero-order valence-corrected chi connectivity index (χ0v) is 20.9. The number of nitrogens with zero attached hydrogens (tertiary/aromatic N) is 2. The molecule has 1 heterocycles. The van der Waals surface area contributed by atoms with Crippen LogP contribution in [0.25, 0.3) is 6.08 Å². The van der Waals surface area contributed by atoms with Gasteiger partial charge in [-0.25, -0.2) is 0 Å². The van der Waals surface area contributed by atoms with Crippen LogP contribution < -0.4 is 9.47 Å². The minimum atomic E-state index is -0.135. The lowest BCUT2D eigenvalue weighted by molar-refractivity contribution is 0.0757. The summed E-state index contributed by atoms with van der Waals surface area (Å²) in [6, 6.07) is 13.2. The highest BCUT2D eigenvalue weighted by molar-refractivity contribution is 5.95. The Morgan fingerprint density at radius 3 is 2.65 bits per heavy atom. The number of benzene rings is 2. The minimum Gasteiger partial charge on any atom is -0.504 e. The van der Waals surface area contributed by atoms with Crippen LogP contribution in [0.4, 0.5) is 0 Å². The number of amides is 1. The molecule has 0 saturated carbocycles. The molecule has 6 nitrogen and oxygen atoms in total. The van der Waals surface area contributed by atoms with Gasteiger partial charge in [-0.1, -0.05) is 48.9 Å². The molecule has 2 aromatic rings. The Morgan fingerprint density at radius 1 is 1.21 bits per heavy atom. The maximum atomic E-state index is 13.6. The van der Waals surface area contributed by atoms with E-state index in [1.54, 1.807) is 6.07 Å². The fourth-order valence-corrected chi connectivity index (χ4v) is 4.66. The molecule has 0 radical (unpaired) electrons. The number of hydrogen-bond donors (Lipinski definition) is 1. The second kappa shape index (κ2) is 12.5. The summed E-state index contributed by atoms with van der Waals surface area (Å²) in [4.78, 5) is 17.9. The molecule has 1 N–H and O–H groups in total. The Kier molecular flexibility index (Phi) is 9.40. The molecule has 1 atom stereocenters. The van der Waals surface area contributed by atoms with Gasteiger partial charge in [-0.3, -0.25) is 4.79 Å². The van der Waals surface area contributed by atoms with Crippen molar-refractivity contribution in [2.45, 2.75) is 33.1 Å². The van der Waals surface area contributed by atoms with Crippen molar-refractivity contribution in [1.29, 1.82) is 0 Å². The van der Waals surface area contributed by atoms with Gasteiger partial charge in [0.2, 0.25) is 5.75 Å². The van der Waals surface area contributed by atoms with Gasteiger partial charge >= 0.3 is 0 Å². The minimum absolute atomic E-state index is 0.107. The van der Waals surface area contributed by atoms with Gasteiger partial charge in [-0.2, -0.15) is 0 Å². The van der Waals surface area contributed by atoms with Gasteiger partial charge in [-0.15, -0.1) is 0 Å². The van der Waals surface area contributed by atoms with Crippen LogP contribution in [0.3, 0.4) is 0 Å². The third kappa shape index (κ3) is 7.00. The van der Waals surface area contributed by atoms with E-state index < -0.39 is 0 Å². The third-order valence-corrected chi connectivity index (χ3v) is 6.29. The number of ether oxygens (including phenoxy) is 2. The van der Waals surface area contributed by atoms with E-state index in [0.29, 0.717) is 24.4 Å². The molecule has 1 amide bonds. The second-order valence-electron chi connectivity index (χ2n) is 9.26. The van der Waals surface area contributed by atoms with E-state index in [9.17, 15) is 9.90 Å². The number of methoxy groups -OCH3 is 2. The van der Waals surface area contributed by atoms with Crippen LogP contribution in [0.5, 0.6) is 17.2 Å². The summed E-state index contributed by atoms with van der Waals surface area (Å²) in [5.41, 5.74) is 2.59. The van der Waals surface area contributed by atoms with E-state index in [1.807, 2.05) is 30.0 Å². The van der Waals surface area contributed by atoms with Crippen molar-refractivity contribution in [2.24, 2.45) is 5.92 Å². The van der Waals surface area contributed by atoms with Gasteiger partial charge in [0.15, 0.2) is 11.5 Å². The summed E-state index contributed by atoms with van der Waals surface area (Å²) in [5.74, 6) is 1.06. The average molecular weight is 467 g/mol. The van der Waals surface area contributed by atoms with Gasteiger partial charge in [0.1, 0.15) is 0 Å². The Morgan fingerprint density at radius 2 is 1.97 bits per heavy atom. The van der Waals surface area contributed by atoms with Crippen molar-refractivity contribution in [2.75, 3.05) is 46.9 Å². The number of phenols is 1. The van der Waals surface area contributed by atoms with E-state index in [4.69, 9.17) is 9.47 Å². The van der Waals surface area contributed by atoms with Crippen molar-refractivity contribution >= 4 is 12.0 Å². The Bertz CT molecular complexity index is 974. The fraction of sp³-hybridized carbons (Fsp3) is 0.464. The predicted octanol–water partition coefficient (Wildman–Crippen LogP) is 5.08. The molecular weight excluding hydrogens is 428 g/mol. The lowest BCUT2D eigenvalue weighted by atomic mass is 10.0. The monoisotopic (exact) mass is 466 g/mol. The van der Waals surface area contributed by atoms with Crippen LogP contribution in [0.1, 0.15) is 49.0 Å². The van der Waals surface area contributed by atoms with E-state index >= 15 is 0 Å². The first-order chi connectivity index (χ1) is 16.4. The van der Waals surface area contributed by atoms with Crippen molar-refractivity contribution in [3.05, 3.63) is 59.2 Å². The maximum Gasteiger partial charge on any atom is 0.254 e. The molecule has 1 aliphatic rings. The van der Waals surface area contributed by atoms with Gasteiger partial charge in [0, 0.05) is 25.2 Å². The maximum absolute atomic E-state index is 13.6. The number of rotatable bonds is 10. The highest BCUT2D eigenvalue weighted by Crippen LogP contribution is 2.37. The molecular formula is C28H38N2O4. The Balaban J connectivity index is 1.77. The fourth-order valence-electron chi connectivity index (χ4n) is 4.66. The molecule has 3 rings (SSSR count). The summed E-state index contributed by atoms with van der Waals surface area (Å²) in [6.45, 7) is 8.75. The summed E-state index contributed by atoms with van der Waals surface area (Å²) in [7, 11) is 2.96. The second-order valence-corrected chi connectivity index (χ2v) is 9.26. The number of carbonyl (C=O) groups is 1. The summed E-state index contributed by atoms with van der Waals surface area (Å²) in [6.07, 6.45) is 5.55. The van der Waals surface area contributed by atoms with Crippen molar-refractivity contribution in [1.82, 2.24) is 9.80 Å². The van der Waals surface area contributed by atoms with Crippen LogP contribution in [0, 0.1) is 5.92 Å². The van der Waals surface area contributed by atoms with Crippen molar-refractivity contribution in [3.63, 3.8) is 0 Å². The molecule has 1 aliphatic heterocycles. The molecule has 2 aromatic carbocycles. The number of phenolic OH excluding ortho intramolecular Hbond substituents is 1. The quantitative estimate of drug-likeness (QED) is 0.529. The summed E-state index contributed by atoms with van der Waals surface area (Å²) in [5, 5.41) is 10.4. The largest absolute Gasteiger partial charge is 0.504 e. The molecule has 34 heavy (non-hydrogen) atoms. The first-order valence-corrected chi connectivity index (χ1v) is 12.1. The normalized spacial score (nSPS) is 16.8. The molecule has 6 heteroatoms. The molecule has 0 aliphatic carbocycles. The number of hydrogen-bond acceptors (Lipinski definition) is 5. The molecule has 184 valence electrons. The molecule has 1 unspecified atom stereocenters. The number of carbonyl (C=O) groups excluding carboxylic acids is 1. The first kappa shape index (κ1) is 25.6. The SMILES string of the molecule is COc1cc(C(=O)N(CCCN2CCCC(C)C2)C/C(C)=C/c2ccccc2)cc(O)c1OC. The van der Waals surface area contributed by atoms with Crippen LogP contribution in [-0.4, -0.2) is 67.8 Å². The molecule has 0 aromatic heterocycles. The number of piperidine rings is 1. The number of aromatic hydroxyl groups is 1. The predicted molar refractivity (Wildman–Crippen MR) is 137 cm³/mol. The zero-order chi connectivity index (χ0) is 24.5. The van der Waals surface area contributed by atoms with Gasteiger partial charge in [0.05, 0.1) is 14.2 Å². The van der Waals surface area contributed by atoms with Gasteiger partial charge in [-0.05, 0) is 62.9 Å². The topological polar surface area (TPSA) is 62.2 Å². The average Bonchev–Trinajstić information content (AvgIpc) is 2.83. The van der Waals surface area contributed by atoms with E-state index in [1.165, 1.54) is 33.1 Å². The standard InChI is InChI=1S/C28H38N2O4/c1-21-10-8-13-29(19-21)14-9-15-30(20-22(2)16-23-11-6-5-7-12-23)28(32)24-17-25(31)27(34-4)26(18-24)33-3/h5-7,11-12,16-18,21,31H,8-10,13-15,19-20H2,1-4H3/b22-16+. The Labute approximate surface area is 203 Å². The van der Waals surface area contributed by atoms with Crippen LogP contribution >= 0.6 is 0 Å². The van der Waals surface area contributed by atoms with Crippen molar-refractivity contribution in [3.8, 4) is 17.2 Å². The summed E-state index contributed by atoms with van der Waals surface area (Å²) >= 11 is 0. The van der Waals surface area contributed by atoms with Crippen LogP contribution in [0.2, 0.25) is 0 Å². The van der Waals surface area contributed by atoms with Gasteiger partial charge in [0.25, 0.3) is 5.91 Å². The Hall–Kier alpha value is -2.99. The van der Waals surface area contributed by atoms with Gasteiger partial charge < -0.3 is 24.4 Å². The highest BCUT2D eigenvalue weighted by atomic mass is 16.5. The van der Waals surface area contributed by atoms with E-state index in [-0.39, 0.29) is 17.4 Å². The third-order valence-electron chi connectivity index (χ3n) is 6.29. The van der Waals surface area contributed by atoms with E-state index in [2.05, 4.69) is 30.0 Å². The lowest BCUT2D eigenvalue weighted by Gasteiger charge is -2.31. The zero-order valence-electron chi connectivity index (χ0n) is 20.9. The van der Waals surface area contributed by atoms with Crippen LogP contribution in [-0.2, 0) is 0 Å². The van der Waals surface area contributed by atoms with Crippen LogP contribution in [0.15, 0.2) is 48.0 Å². The molecule has 1 saturated heterocycles. The lowest BCUT2D eigenvalue weighted by Crippen LogP contribution is -2.38. The summed E-state index contributed by atoms with van der Waals surface area (Å²) < 4.78 is 10.6. The molecule has 0 spiro atoms. The number of likely N-dealkylation sites (tertiary alicyclic amines) is 1. The molecule has 1 fully saturated rings. The van der Waals surface area contributed by atoms with E-state index in [0.717, 1.165) is 43.1 Å². The van der Waals surface area contributed by atoms with Crippen molar-refractivity contribution < 1.29 is 19.4 Å². The first-order valence-electron chi connectivity index (χ1n) is 12.1.